The van der Waals surface area contributed by atoms with Crippen LogP contribution in [0.5, 0.6) is 5.75 Å². The maximum Gasteiger partial charge on any atom is 0.142 e. The van der Waals surface area contributed by atoms with E-state index < -0.39 is 0 Å². The molecule has 0 unspecified atom stereocenters. The third-order valence-corrected chi connectivity index (χ3v) is 3.25. The Morgan fingerprint density at radius 3 is 2.67 bits per heavy atom. The van der Waals surface area contributed by atoms with E-state index in [9.17, 15) is 0 Å². The van der Waals surface area contributed by atoms with Gasteiger partial charge in [-0.3, -0.25) is 0 Å². The molecule has 0 heterocycles. The second kappa shape index (κ2) is 5.31. The van der Waals surface area contributed by atoms with Crippen molar-refractivity contribution in [3.63, 3.8) is 0 Å². The first-order valence-corrected chi connectivity index (χ1v) is 6.37. The Kier molecular flexibility index (Phi) is 3.77. The Balaban J connectivity index is 2.39. The number of hydrogen-bond acceptors (Lipinski definition) is 3. The fraction of sp³-hybridized carbons (Fsp3) is 0.143. The van der Waals surface area contributed by atoms with Crippen molar-refractivity contribution in [1.82, 2.24) is 0 Å². The van der Waals surface area contributed by atoms with Crippen molar-refractivity contribution in [2.75, 3.05) is 18.2 Å². The van der Waals surface area contributed by atoms with Gasteiger partial charge >= 0.3 is 0 Å². The molecule has 0 fully saturated rings. The van der Waals surface area contributed by atoms with Crippen LogP contribution < -0.4 is 15.8 Å². The highest BCUT2D eigenvalue weighted by Gasteiger charge is 2.07. The quantitative estimate of drug-likeness (QED) is 0.840. The van der Waals surface area contributed by atoms with Crippen LogP contribution in [0.1, 0.15) is 5.56 Å². The summed E-state index contributed by atoms with van der Waals surface area (Å²) in [5.74, 6) is 0.777. The first kappa shape index (κ1) is 12.8. The zero-order valence-electron chi connectivity index (χ0n) is 10.3. The van der Waals surface area contributed by atoms with Gasteiger partial charge in [0, 0.05) is 4.47 Å². The molecule has 0 bridgehead atoms. The fourth-order valence-electron chi connectivity index (χ4n) is 1.71. The highest BCUT2D eigenvalue weighted by molar-refractivity contribution is 9.10. The molecule has 0 amide bonds. The number of nitrogens with one attached hydrogen (secondary N) is 1. The van der Waals surface area contributed by atoms with E-state index in [2.05, 4.69) is 21.2 Å². The standard InChI is InChI=1S/C14H15BrN2O/c1-9-4-3-5-11(14(9)16)17-12-8-10(15)6-7-13(12)18-2/h3-8,17H,16H2,1-2H3. The van der Waals surface area contributed by atoms with Gasteiger partial charge in [-0.25, -0.2) is 0 Å². The number of halogens is 1. The third kappa shape index (κ3) is 2.59. The average molecular weight is 307 g/mol. The van der Waals surface area contributed by atoms with Crippen LogP contribution in [0.3, 0.4) is 0 Å². The molecule has 0 aromatic heterocycles. The van der Waals surface area contributed by atoms with E-state index in [0.717, 1.165) is 32.8 Å². The number of hydrogen-bond donors (Lipinski definition) is 2. The lowest BCUT2D eigenvalue weighted by molar-refractivity contribution is 0.417. The van der Waals surface area contributed by atoms with Crippen molar-refractivity contribution in [1.29, 1.82) is 0 Å². The molecule has 0 aliphatic rings. The summed E-state index contributed by atoms with van der Waals surface area (Å²) >= 11 is 3.45. The highest BCUT2D eigenvalue weighted by Crippen LogP contribution is 2.33. The second-order valence-corrected chi connectivity index (χ2v) is 4.92. The van der Waals surface area contributed by atoms with Crippen LogP contribution in [0.25, 0.3) is 0 Å². The SMILES string of the molecule is COc1ccc(Br)cc1Nc1cccc(C)c1N. The zero-order chi connectivity index (χ0) is 13.1. The number of aryl methyl sites for hydroxylation is 1. The topological polar surface area (TPSA) is 47.3 Å². The number of nitrogen functional groups attached to an aromatic ring is 1. The summed E-state index contributed by atoms with van der Waals surface area (Å²) in [5.41, 5.74) is 9.60. The predicted molar refractivity (Wildman–Crippen MR) is 79.6 cm³/mol. The molecule has 0 aliphatic heterocycles. The normalized spacial score (nSPS) is 10.2. The van der Waals surface area contributed by atoms with Gasteiger partial charge in [0.1, 0.15) is 5.75 Å². The maximum atomic E-state index is 6.04. The molecule has 3 nitrogen and oxygen atoms in total. The van der Waals surface area contributed by atoms with Crippen molar-refractivity contribution >= 4 is 33.0 Å². The number of methoxy groups -OCH3 is 1. The van der Waals surface area contributed by atoms with Crippen molar-refractivity contribution < 1.29 is 4.74 Å². The summed E-state index contributed by atoms with van der Waals surface area (Å²) in [6.45, 7) is 1.98. The second-order valence-electron chi connectivity index (χ2n) is 4.01. The van der Waals surface area contributed by atoms with Gasteiger partial charge in [0.05, 0.1) is 24.2 Å². The van der Waals surface area contributed by atoms with E-state index in [4.69, 9.17) is 10.5 Å². The van der Waals surface area contributed by atoms with Crippen LogP contribution in [-0.2, 0) is 0 Å². The van der Waals surface area contributed by atoms with Crippen molar-refractivity contribution in [3.05, 3.63) is 46.4 Å². The van der Waals surface area contributed by atoms with E-state index in [1.807, 2.05) is 43.3 Å². The number of anilines is 3. The smallest absolute Gasteiger partial charge is 0.142 e. The zero-order valence-corrected chi connectivity index (χ0v) is 11.9. The molecular formula is C14H15BrN2O. The molecule has 0 radical (unpaired) electrons. The molecule has 0 saturated heterocycles. The molecule has 0 spiro atoms. The van der Waals surface area contributed by atoms with Gasteiger partial charge in [-0.15, -0.1) is 0 Å². The van der Waals surface area contributed by atoms with E-state index in [1.54, 1.807) is 7.11 Å². The highest BCUT2D eigenvalue weighted by atomic mass is 79.9. The molecule has 4 heteroatoms. The molecule has 2 aromatic carbocycles. The summed E-state index contributed by atoms with van der Waals surface area (Å²) < 4.78 is 6.30. The summed E-state index contributed by atoms with van der Waals surface area (Å²) in [6, 6.07) is 11.7. The van der Waals surface area contributed by atoms with E-state index in [-0.39, 0.29) is 0 Å². The summed E-state index contributed by atoms with van der Waals surface area (Å²) in [7, 11) is 1.65. The largest absolute Gasteiger partial charge is 0.495 e. The molecule has 94 valence electrons. The van der Waals surface area contributed by atoms with Crippen molar-refractivity contribution in [3.8, 4) is 5.75 Å². The number of rotatable bonds is 3. The fourth-order valence-corrected chi connectivity index (χ4v) is 2.07. The Hall–Kier alpha value is -1.68. The first-order chi connectivity index (χ1) is 8.61. The van der Waals surface area contributed by atoms with Gasteiger partial charge in [0.15, 0.2) is 0 Å². The van der Waals surface area contributed by atoms with Gasteiger partial charge < -0.3 is 15.8 Å². The molecule has 0 atom stereocenters. The Morgan fingerprint density at radius 1 is 1.17 bits per heavy atom. The Labute approximate surface area is 115 Å². The monoisotopic (exact) mass is 306 g/mol. The summed E-state index contributed by atoms with van der Waals surface area (Å²) in [6.07, 6.45) is 0. The molecule has 2 rings (SSSR count). The van der Waals surface area contributed by atoms with Crippen molar-refractivity contribution in [2.45, 2.75) is 6.92 Å². The van der Waals surface area contributed by atoms with E-state index >= 15 is 0 Å². The number of ether oxygens (including phenoxy) is 1. The van der Waals surface area contributed by atoms with Gasteiger partial charge in [0.2, 0.25) is 0 Å². The van der Waals surface area contributed by atoms with Gasteiger partial charge in [-0.05, 0) is 36.8 Å². The number of benzene rings is 2. The van der Waals surface area contributed by atoms with Gasteiger partial charge in [0.25, 0.3) is 0 Å². The molecule has 2 aromatic rings. The third-order valence-electron chi connectivity index (χ3n) is 2.75. The van der Waals surface area contributed by atoms with Crippen LogP contribution >= 0.6 is 15.9 Å². The molecule has 0 aliphatic carbocycles. The lowest BCUT2D eigenvalue weighted by atomic mass is 10.1. The lowest BCUT2D eigenvalue weighted by Gasteiger charge is -2.14. The van der Waals surface area contributed by atoms with Crippen LogP contribution in [0.4, 0.5) is 17.1 Å². The minimum absolute atomic E-state index is 0.750. The minimum atomic E-state index is 0.750. The lowest BCUT2D eigenvalue weighted by Crippen LogP contribution is -1.99. The summed E-state index contributed by atoms with van der Waals surface area (Å²) in [4.78, 5) is 0. The maximum absolute atomic E-state index is 6.04. The van der Waals surface area contributed by atoms with Gasteiger partial charge in [-0.1, -0.05) is 28.1 Å². The molecule has 18 heavy (non-hydrogen) atoms. The van der Waals surface area contributed by atoms with Crippen molar-refractivity contribution in [2.24, 2.45) is 0 Å². The van der Waals surface area contributed by atoms with Gasteiger partial charge in [-0.2, -0.15) is 0 Å². The van der Waals surface area contributed by atoms with Crippen LogP contribution in [-0.4, -0.2) is 7.11 Å². The Bertz CT molecular complexity index is 570. The molecule has 0 saturated carbocycles. The first-order valence-electron chi connectivity index (χ1n) is 5.57. The van der Waals surface area contributed by atoms with Crippen LogP contribution in [0, 0.1) is 6.92 Å². The summed E-state index contributed by atoms with van der Waals surface area (Å²) in [5, 5.41) is 3.29. The average Bonchev–Trinajstić information content (AvgIpc) is 2.35. The minimum Gasteiger partial charge on any atom is -0.495 e. The molecular weight excluding hydrogens is 292 g/mol. The predicted octanol–water partition coefficient (Wildman–Crippen LogP) is 4.09. The van der Waals surface area contributed by atoms with Crippen LogP contribution in [0.2, 0.25) is 0 Å². The van der Waals surface area contributed by atoms with E-state index in [0.29, 0.717) is 0 Å². The number of nitrogens with two attached hydrogens (primary N) is 1. The van der Waals surface area contributed by atoms with Crippen LogP contribution in [0.15, 0.2) is 40.9 Å². The molecule has 3 N–H and O–H groups in total. The van der Waals surface area contributed by atoms with E-state index in [1.165, 1.54) is 0 Å². The Morgan fingerprint density at radius 2 is 1.94 bits per heavy atom. The number of para-hydroxylation sites is 1.